The zero-order valence-corrected chi connectivity index (χ0v) is 21.5. The maximum absolute atomic E-state index is 14.1. The standard InChI is InChI=1S/C28H24F3N5O2S/c1-32-22-11-12-26-21(14-22)16-36(39(37,38)27-10-6-5-9-25(27)28(29,30)31)24(13-20-7-3-2-4-8-20)18-35(26)17-23-15-33-19-34-23/h2-12,14-15,19,24H,13,16-18H2,(H,33,34)/t24-/m1/s1. The van der Waals surface area contributed by atoms with E-state index in [4.69, 9.17) is 6.57 Å². The third-order valence-electron chi connectivity index (χ3n) is 6.71. The molecule has 0 radical (unpaired) electrons. The Hall–Kier alpha value is -4.14. The number of alkyl halides is 3. The highest BCUT2D eigenvalue weighted by Gasteiger charge is 2.42. The van der Waals surface area contributed by atoms with Crippen LogP contribution in [0, 0.1) is 6.57 Å². The predicted molar refractivity (Wildman–Crippen MR) is 140 cm³/mol. The second-order valence-corrected chi connectivity index (χ2v) is 11.1. The average molecular weight is 552 g/mol. The summed E-state index contributed by atoms with van der Waals surface area (Å²) in [4.78, 5) is 11.8. The van der Waals surface area contributed by atoms with E-state index in [1.54, 1.807) is 30.7 Å². The van der Waals surface area contributed by atoms with Gasteiger partial charge in [-0.05, 0) is 41.8 Å². The van der Waals surface area contributed by atoms with Gasteiger partial charge in [0.05, 0.1) is 35.6 Å². The first-order valence-electron chi connectivity index (χ1n) is 12.1. The third-order valence-corrected chi connectivity index (χ3v) is 8.66. The van der Waals surface area contributed by atoms with E-state index >= 15 is 0 Å². The van der Waals surface area contributed by atoms with Crippen LogP contribution >= 0.6 is 0 Å². The summed E-state index contributed by atoms with van der Waals surface area (Å²) < 4.78 is 71.3. The Morgan fingerprint density at radius 2 is 1.79 bits per heavy atom. The van der Waals surface area contributed by atoms with Gasteiger partial charge >= 0.3 is 6.18 Å². The van der Waals surface area contributed by atoms with E-state index in [0.717, 1.165) is 27.7 Å². The molecular formula is C28H24F3N5O2S. The Kier molecular flexibility index (Phi) is 7.16. The third kappa shape index (κ3) is 5.53. The van der Waals surface area contributed by atoms with Crippen LogP contribution in [0.5, 0.6) is 0 Å². The van der Waals surface area contributed by atoms with Crippen molar-refractivity contribution in [2.45, 2.75) is 36.6 Å². The van der Waals surface area contributed by atoms with E-state index in [1.165, 1.54) is 12.1 Å². The van der Waals surface area contributed by atoms with E-state index in [1.807, 2.05) is 35.2 Å². The van der Waals surface area contributed by atoms with E-state index in [-0.39, 0.29) is 19.5 Å². The van der Waals surface area contributed by atoms with Crippen molar-refractivity contribution >= 4 is 21.4 Å². The van der Waals surface area contributed by atoms with Gasteiger partial charge in [0.2, 0.25) is 10.0 Å². The van der Waals surface area contributed by atoms with Gasteiger partial charge in [0.25, 0.3) is 0 Å². The molecular weight excluding hydrogens is 527 g/mol. The molecule has 0 spiro atoms. The van der Waals surface area contributed by atoms with Crippen molar-refractivity contribution in [3.63, 3.8) is 0 Å². The van der Waals surface area contributed by atoms with Crippen molar-refractivity contribution in [3.8, 4) is 0 Å². The summed E-state index contributed by atoms with van der Waals surface area (Å²) in [7, 11) is -4.63. The smallest absolute Gasteiger partial charge is 0.364 e. The number of nitrogens with one attached hydrogen (secondary N) is 1. The number of imidazole rings is 1. The van der Waals surface area contributed by atoms with Crippen molar-refractivity contribution in [2.24, 2.45) is 0 Å². The second-order valence-electron chi connectivity index (χ2n) is 9.27. The lowest BCUT2D eigenvalue weighted by atomic mass is 10.1. The van der Waals surface area contributed by atoms with Gasteiger partial charge in [0.15, 0.2) is 5.69 Å². The van der Waals surface area contributed by atoms with Crippen LogP contribution in [0.3, 0.4) is 0 Å². The molecule has 7 nitrogen and oxygen atoms in total. The van der Waals surface area contributed by atoms with Gasteiger partial charge in [0.1, 0.15) is 0 Å². The van der Waals surface area contributed by atoms with Crippen molar-refractivity contribution in [1.29, 1.82) is 0 Å². The van der Waals surface area contributed by atoms with Crippen molar-refractivity contribution in [2.75, 3.05) is 11.4 Å². The first-order valence-corrected chi connectivity index (χ1v) is 13.6. The van der Waals surface area contributed by atoms with Crippen LogP contribution in [0.15, 0.2) is 90.2 Å². The number of nitrogens with zero attached hydrogens (tertiary/aromatic N) is 4. The van der Waals surface area contributed by atoms with Crippen molar-refractivity contribution in [1.82, 2.24) is 14.3 Å². The number of aromatic nitrogens is 2. The van der Waals surface area contributed by atoms with E-state index < -0.39 is 32.7 Å². The number of hydrogen-bond acceptors (Lipinski definition) is 4. The fourth-order valence-electron chi connectivity index (χ4n) is 4.93. The molecule has 0 fully saturated rings. The lowest BCUT2D eigenvalue weighted by Crippen LogP contribution is -2.46. The Bertz CT molecular complexity index is 1600. The minimum atomic E-state index is -4.85. The fourth-order valence-corrected chi connectivity index (χ4v) is 6.74. The lowest BCUT2D eigenvalue weighted by molar-refractivity contribution is -0.139. The van der Waals surface area contributed by atoms with Crippen LogP contribution in [0.2, 0.25) is 0 Å². The number of anilines is 1. The van der Waals surface area contributed by atoms with E-state index in [9.17, 15) is 21.6 Å². The average Bonchev–Trinajstić information content (AvgIpc) is 3.38. The minimum absolute atomic E-state index is 0.190. The summed E-state index contributed by atoms with van der Waals surface area (Å²) in [6.45, 7) is 7.83. The summed E-state index contributed by atoms with van der Waals surface area (Å²) in [5, 5.41) is 0. The van der Waals surface area contributed by atoms with Gasteiger partial charge in [-0.15, -0.1) is 0 Å². The maximum Gasteiger partial charge on any atom is 0.417 e. The first kappa shape index (κ1) is 26.5. The molecule has 0 aliphatic carbocycles. The number of hydrogen-bond donors (Lipinski definition) is 1. The van der Waals surface area contributed by atoms with Crippen LogP contribution < -0.4 is 4.90 Å². The van der Waals surface area contributed by atoms with Crippen LogP contribution in [-0.2, 0) is 35.7 Å². The molecule has 4 aromatic rings. The van der Waals surface area contributed by atoms with Crippen LogP contribution in [-0.4, -0.2) is 35.3 Å². The largest absolute Gasteiger partial charge is 0.417 e. The molecule has 0 unspecified atom stereocenters. The topological polar surface area (TPSA) is 73.7 Å². The number of aromatic amines is 1. The van der Waals surface area contributed by atoms with Gasteiger partial charge in [-0.1, -0.05) is 48.5 Å². The SMILES string of the molecule is [C-]#[N+]c1ccc2c(c1)CN(S(=O)(=O)c1ccccc1C(F)(F)F)[C@H](Cc1ccccc1)CN2Cc1cnc[nH]1. The van der Waals surface area contributed by atoms with Crippen LogP contribution in [0.4, 0.5) is 24.5 Å². The number of rotatable bonds is 6. The van der Waals surface area contributed by atoms with Gasteiger partial charge in [0, 0.05) is 31.0 Å². The van der Waals surface area contributed by atoms with Gasteiger partial charge in [-0.25, -0.2) is 18.2 Å². The summed E-state index contributed by atoms with van der Waals surface area (Å²) >= 11 is 0. The van der Waals surface area contributed by atoms with E-state index in [0.29, 0.717) is 23.5 Å². The van der Waals surface area contributed by atoms with Crippen molar-refractivity contribution < 1.29 is 21.6 Å². The molecule has 1 aromatic heterocycles. The molecule has 2 heterocycles. The molecule has 1 N–H and O–H groups in total. The number of benzene rings is 3. The van der Waals surface area contributed by atoms with E-state index in [2.05, 4.69) is 14.8 Å². The van der Waals surface area contributed by atoms with Crippen LogP contribution in [0.25, 0.3) is 4.85 Å². The molecule has 0 saturated carbocycles. The predicted octanol–water partition coefficient (Wildman–Crippen LogP) is 5.80. The zero-order valence-electron chi connectivity index (χ0n) is 20.6. The Morgan fingerprint density at radius 1 is 1.05 bits per heavy atom. The summed E-state index contributed by atoms with van der Waals surface area (Å²) in [6.07, 6.45) is -1.37. The van der Waals surface area contributed by atoms with Crippen molar-refractivity contribution in [3.05, 3.63) is 119 Å². The fraction of sp³-hybridized carbons (Fsp3) is 0.214. The molecule has 3 aromatic carbocycles. The number of H-pyrrole nitrogens is 1. The molecule has 1 aliphatic heterocycles. The molecule has 11 heteroatoms. The quantitative estimate of drug-likeness (QED) is 0.308. The van der Waals surface area contributed by atoms with Gasteiger partial charge < -0.3 is 9.88 Å². The normalized spacial score (nSPS) is 16.4. The molecule has 39 heavy (non-hydrogen) atoms. The molecule has 0 amide bonds. The molecule has 5 rings (SSSR count). The summed E-state index contributed by atoms with van der Waals surface area (Å²) in [5.41, 5.74) is 1.97. The Morgan fingerprint density at radius 3 is 2.49 bits per heavy atom. The first-order chi connectivity index (χ1) is 18.7. The maximum atomic E-state index is 14.1. The van der Waals surface area contributed by atoms with Gasteiger partial charge in [-0.3, -0.25) is 0 Å². The zero-order chi connectivity index (χ0) is 27.6. The number of fused-ring (bicyclic) bond motifs is 1. The molecule has 200 valence electrons. The monoisotopic (exact) mass is 551 g/mol. The number of halogens is 3. The Balaban J connectivity index is 1.67. The molecule has 0 bridgehead atoms. The summed E-state index contributed by atoms with van der Waals surface area (Å²) in [5.74, 6) is 0. The van der Waals surface area contributed by atoms with Crippen LogP contribution in [0.1, 0.15) is 22.4 Å². The van der Waals surface area contributed by atoms with Gasteiger partial charge in [-0.2, -0.15) is 17.5 Å². The Labute approximate surface area is 224 Å². The highest BCUT2D eigenvalue weighted by atomic mass is 32.2. The summed E-state index contributed by atoms with van der Waals surface area (Å²) in [6, 6.07) is 17.8. The molecule has 1 atom stereocenters. The second kappa shape index (κ2) is 10.6. The number of sulfonamides is 1. The molecule has 1 aliphatic rings. The highest BCUT2D eigenvalue weighted by Crippen LogP contribution is 2.39. The lowest BCUT2D eigenvalue weighted by Gasteiger charge is -2.32. The highest BCUT2D eigenvalue weighted by molar-refractivity contribution is 7.89. The molecule has 0 saturated heterocycles. The minimum Gasteiger partial charge on any atom is -0.364 e.